The van der Waals surface area contributed by atoms with Crippen LogP contribution in [0.15, 0.2) is 115 Å². The summed E-state index contributed by atoms with van der Waals surface area (Å²) in [6.07, 6.45) is -3.88. The normalized spacial score (nSPS) is 18.0. The van der Waals surface area contributed by atoms with Gasteiger partial charge in [0, 0.05) is 18.7 Å². The molecule has 0 radical (unpaired) electrons. The molecule has 1 N–H and O–H groups in total. The molecule has 1 aliphatic rings. The number of hydrogen-bond acceptors (Lipinski definition) is 3. The van der Waals surface area contributed by atoms with E-state index in [0.717, 1.165) is 6.07 Å². The van der Waals surface area contributed by atoms with E-state index in [1.165, 1.54) is 35.2 Å². The molecule has 0 amide bonds. The zero-order chi connectivity index (χ0) is 28.2. The van der Waals surface area contributed by atoms with E-state index in [9.17, 15) is 31.4 Å². The maximum absolute atomic E-state index is 13.6. The first-order chi connectivity index (χ1) is 18.4. The predicted octanol–water partition coefficient (Wildman–Crippen LogP) is 8.67. The second-order valence-electron chi connectivity index (χ2n) is 9.08. The fourth-order valence-corrected chi connectivity index (χ4v) is 4.40. The summed E-state index contributed by atoms with van der Waals surface area (Å²) in [7, 11) is 0. The topological polar surface area (TPSA) is 32.7 Å². The zero-order valence-corrected chi connectivity index (χ0v) is 20.7. The number of aliphatic hydroxyl groups is 1. The number of allylic oxidation sites excluding steroid dienone is 3. The highest BCUT2D eigenvalue weighted by Gasteiger charge is 2.36. The lowest BCUT2D eigenvalue weighted by Crippen LogP contribution is -2.38. The molecule has 3 aromatic rings. The predicted molar refractivity (Wildman–Crippen MR) is 136 cm³/mol. The Bertz CT molecular complexity index is 1380. The molecule has 0 aromatic heterocycles. The van der Waals surface area contributed by atoms with E-state index >= 15 is 0 Å². The summed E-state index contributed by atoms with van der Waals surface area (Å²) in [4.78, 5) is 1.31. The Hall–Kier alpha value is -4.14. The number of halogens is 6. The van der Waals surface area contributed by atoms with E-state index in [1.54, 1.807) is 61.5 Å². The molecule has 0 aliphatic heterocycles. The van der Waals surface area contributed by atoms with Gasteiger partial charge in [-0.3, -0.25) is 0 Å². The average Bonchev–Trinajstić information content (AvgIpc) is 2.89. The number of alkyl halides is 6. The van der Waals surface area contributed by atoms with E-state index in [1.807, 2.05) is 6.07 Å². The van der Waals surface area contributed by atoms with Gasteiger partial charge in [0.05, 0.1) is 11.6 Å². The highest BCUT2D eigenvalue weighted by atomic mass is 19.4. The Labute approximate surface area is 222 Å². The van der Waals surface area contributed by atoms with E-state index in [2.05, 4.69) is 0 Å². The molecule has 204 valence electrons. The number of ether oxygens (including phenoxy) is 1. The second kappa shape index (κ2) is 11.3. The van der Waals surface area contributed by atoms with Crippen molar-refractivity contribution in [3.63, 3.8) is 0 Å². The van der Waals surface area contributed by atoms with Gasteiger partial charge in [0.15, 0.2) is 0 Å². The molecule has 1 aliphatic carbocycles. The van der Waals surface area contributed by atoms with Gasteiger partial charge in [-0.1, -0.05) is 73.7 Å². The van der Waals surface area contributed by atoms with Crippen molar-refractivity contribution in [1.29, 1.82) is 0 Å². The largest absolute Gasteiger partial charge is 0.503 e. The molecule has 2 atom stereocenters. The highest BCUT2D eigenvalue weighted by molar-refractivity contribution is 5.68. The van der Waals surface area contributed by atoms with Crippen LogP contribution in [0, 0.1) is 5.92 Å². The molecule has 9 heteroatoms. The van der Waals surface area contributed by atoms with Gasteiger partial charge in [0.25, 0.3) is 0 Å². The maximum Gasteiger partial charge on any atom is 0.450 e. The Morgan fingerprint density at radius 1 is 0.923 bits per heavy atom. The lowest BCUT2D eigenvalue weighted by Gasteiger charge is -2.36. The highest BCUT2D eigenvalue weighted by Crippen LogP contribution is 2.37. The Morgan fingerprint density at radius 3 is 2.31 bits per heavy atom. The summed E-state index contributed by atoms with van der Waals surface area (Å²) in [5.41, 5.74) is -0.134. The maximum atomic E-state index is 13.6. The number of hydrogen-bond donors (Lipinski definition) is 1. The molecular weight excluding hydrogens is 520 g/mol. The van der Waals surface area contributed by atoms with Gasteiger partial charge in [-0.2, -0.15) is 26.3 Å². The number of nitrogens with zero attached hydrogens (tertiary/aromatic N) is 1. The van der Waals surface area contributed by atoms with Crippen LogP contribution in [0.3, 0.4) is 0 Å². The number of benzene rings is 3. The van der Waals surface area contributed by atoms with Gasteiger partial charge in [-0.25, -0.2) is 0 Å². The fraction of sp³-hybridized carbons (Fsp3) is 0.200. The molecule has 0 spiro atoms. The Kier molecular flexibility index (Phi) is 8.09. The van der Waals surface area contributed by atoms with E-state index in [4.69, 9.17) is 4.74 Å². The molecule has 0 heterocycles. The van der Waals surface area contributed by atoms with Crippen LogP contribution in [0.4, 0.5) is 26.3 Å². The molecular formula is C30H25F6NO2. The minimum Gasteiger partial charge on any atom is -0.503 e. The van der Waals surface area contributed by atoms with Crippen molar-refractivity contribution in [3.05, 3.63) is 126 Å². The smallest absolute Gasteiger partial charge is 0.450 e. The summed E-state index contributed by atoms with van der Waals surface area (Å²) < 4.78 is 86.7. The number of rotatable bonds is 7. The van der Waals surface area contributed by atoms with Crippen LogP contribution in [-0.2, 0) is 12.7 Å². The standard InChI is InChI=1S/C30H25F6NO2/c1-20-26(15-8-16-27(20)39-23-11-3-2-4-12-23)37(19-28(38)30(34,35)36)18-21-9-7-10-22(17-21)24-13-5-6-14-25(24)29(31,32)33/h2-17,19-20,26,38H,18H2,1H3/b28-19-. The second-order valence-corrected chi connectivity index (χ2v) is 9.08. The van der Waals surface area contributed by atoms with Crippen LogP contribution >= 0.6 is 0 Å². The van der Waals surface area contributed by atoms with Crippen LogP contribution in [0.2, 0.25) is 0 Å². The van der Waals surface area contributed by atoms with E-state index in [-0.39, 0.29) is 17.7 Å². The van der Waals surface area contributed by atoms with Gasteiger partial charge in [0.1, 0.15) is 11.5 Å². The zero-order valence-electron chi connectivity index (χ0n) is 20.7. The summed E-state index contributed by atoms with van der Waals surface area (Å²) in [6.45, 7) is 1.66. The summed E-state index contributed by atoms with van der Waals surface area (Å²) in [5.74, 6) is -1.16. The average molecular weight is 546 g/mol. The van der Waals surface area contributed by atoms with Crippen molar-refractivity contribution in [2.75, 3.05) is 0 Å². The quantitative estimate of drug-likeness (QED) is 0.238. The molecule has 0 saturated heterocycles. The molecule has 3 nitrogen and oxygen atoms in total. The molecule has 0 bridgehead atoms. The third kappa shape index (κ3) is 6.85. The van der Waals surface area contributed by atoms with Crippen LogP contribution in [0.5, 0.6) is 5.75 Å². The Balaban J connectivity index is 1.67. The van der Waals surface area contributed by atoms with Crippen LogP contribution in [0.1, 0.15) is 18.1 Å². The van der Waals surface area contributed by atoms with Crippen molar-refractivity contribution < 1.29 is 36.2 Å². The summed E-state index contributed by atoms with van der Waals surface area (Å²) in [6, 6.07) is 19.5. The molecule has 4 rings (SSSR count). The monoisotopic (exact) mass is 545 g/mol. The molecule has 2 unspecified atom stereocenters. The lowest BCUT2D eigenvalue weighted by molar-refractivity contribution is -0.137. The number of aliphatic hydroxyl groups excluding tert-OH is 1. The molecule has 39 heavy (non-hydrogen) atoms. The minimum absolute atomic E-state index is 0.0421. The Morgan fingerprint density at radius 2 is 1.62 bits per heavy atom. The minimum atomic E-state index is -4.98. The lowest BCUT2D eigenvalue weighted by atomic mass is 9.92. The first kappa shape index (κ1) is 27.9. The summed E-state index contributed by atoms with van der Waals surface area (Å²) in [5, 5.41) is 9.81. The third-order valence-corrected chi connectivity index (χ3v) is 6.31. The van der Waals surface area contributed by atoms with Gasteiger partial charge in [0.2, 0.25) is 5.76 Å². The number of para-hydroxylation sites is 1. The van der Waals surface area contributed by atoms with Crippen LogP contribution in [0.25, 0.3) is 11.1 Å². The summed E-state index contributed by atoms with van der Waals surface area (Å²) >= 11 is 0. The van der Waals surface area contributed by atoms with E-state index < -0.39 is 35.6 Å². The van der Waals surface area contributed by atoms with Crippen molar-refractivity contribution >= 4 is 0 Å². The van der Waals surface area contributed by atoms with Crippen LogP contribution < -0.4 is 4.74 Å². The first-order valence-corrected chi connectivity index (χ1v) is 12.0. The van der Waals surface area contributed by atoms with Crippen molar-refractivity contribution in [3.8, 4) is 16.9 Å². The SMILES string of the molecule is CC1C(Oc2ccccc2)=CC=CC1N(/C=C(\O)C(F)(F)F)Cc1cccc(-c2ccccc2C(F)(F)F)c1. The van der Waals surface area contributed by atoms with Crippen molar-refractivity contribution in [2.24, 2.45) is 5.92 Å². The van der Waals surface area contributed by atoms with Gasteiger partial charge in [-0.05, 0) is 47.0 Å². The fourth-order valence-electron chi connectivity index (χ4n) is 4.40. The van der Waals surface area contributed by atoms with E-state index in [0.29, 0.717) is 23.3 Å². The molecule has 0 saturated carbocycles. The van der Waals surface area contributed by atoms with Gasteiger partial charge in [-0.15, -0.1) is 0 Å². The van der Waals surface area contributed by atoms with Gasteiger partial charge < -0.3 is 14.7 Å². The molecule has 3 aromatic carbocycles. The van der Waals surface area contributed by atoms with Gasteiger partial charge >= 0.3 is 12.4 Å². The van der Waals surface area contributed by atoms with Crippen molar-refractivity contribution in [2.45, 2.75) is 31.9 Å². The van der Waals surface area contributed by atoms with Crippen LogP contribution in [-0.4, -0.2) is 22.2 Å². The first-order valence-electron chi connectivity index (χ1n) is 12.0. The third-order valence-electron chi connectivity index (χ3n) is 6.31. The molecule has 0 fully saturated rings. The van der Waals surface area contributed by atoms with Crippen molar-refractivity contribution in [1.82, 2.24) is 4.90 Å².